The highest BCUT2D eigenvalue weighted by atomic mass is 35.5. The van der Waals surface area contributed by atoms with Gasteiger partial charge in [0.2, 0.25) is 5.88 Å². The molecule has 1 heterocycles. The summed E-state index contributed by atoms with van der Waals surface area (Å²) in [6.07, 6.45) is 0.887. The van der Waals surface area contributed by atoms with E-state index in [0.29, 0.717) is 48.2 Å². The summed E-state index contributed by atoms with van der Waals surface area (Å²) in [5.41, 5.74) is 6.09. The van der Waals surface area contributed by atoms with E-state index in [1.165, 1.54) is 0 Å². The summed E-state index contributed by atoms with van der Waals surface area (Å²) in [6, 6.07) is 4.62. The number of nitrogens with zero attached hydrogens (tertiary/aromatic N) is 2. The molecule has 0 saturated carbocycles. The van der Waals surface area contributed by atoms with Crippen LogP contribution < -0.4 is 21.1 Å². The molecule has 0 aliphatic carbocycles. The summed E-state index contributed by atoms with van der Waals surface area (Å²) in [6.45, 7) is 3.84. The Hall–Kier alpha value is -2.15. The van der Waals surface area contributed by atoms with Crippen LogP contribution in [-0.4, -0.2) is 70.8 Å². The number of aliphatic hydroxyl groups is 2. The first-order valence-corrected chi connectivity index (χ1v) is 12.2. The van der Waals surface area contributed by atoms with Crippen LogP contribution in [0.3, 0.4) is 0 Å². The zero-order valence-corrected chi connectivity index (χ0v) is 21.0. The molecule has 10 nitrogen and oxygen atoms in total. The van der Waals surface area contributed by atoms with Crippen LogP contribution >= 0.6 is 34.7 Å². The lowest BCUT2D eigenvalue weighted by atomic mass is 10.1. The van der Waals surface area contributed by atoms with E-state index in [4.69, 9.17) is 43.9 Å². The second kappa shape index (κ2) is 14.3. The van der Waals surface area contributed by atoms with Crippen LogP contribution in [-0.2, 0) is 0 Å². The zero-order chi connectivity index (χ0) is 25.1. The number of carbonyl (C=O) groups excluding carboxylic acids is 2. The number of aromatic nitrogens is 1. The molecular weight excluding hydrogens is 505 g/mol. The maximum atomic E-state index is 12.3. The number of aliphatic hydroxyl groups excluding tert-OH is 2. The van der Waals surface area contributed by atoms with Crippen molar-refractivity contribution >= 4 is 51.7 Å². The predicted molar refractivity (Wildman–Crippen MR) is 133 cm³/mol. The highest BCUT2D eigenvalue weighted by Crippen LogP contribution is 2.36. The molecular formula is C21H29Cl2N5O5S. The van der Waals surface area contributed by atoms with Crippen molar-refractivity contribution in [3.8, 4) is 5.88 Å². The van der Waals surface area contributed by atoms with Crippen molar-refractivity contribution in [1.82, 2.24) is 14.6 Å². The number of urea groups is 1. The minimum atomic E-state index is -0.795. The Bertz CT molecular complexity index is 956. The molecule has 1 atom stereocenters. The standard InChI is InChI=1S/C21H29Cl2N5O5S/c1-13(14-5-4-6-15(22)17(14)23)33-19-16(18(24)31)20(34-27-19)26-21(32)25-7-2-3-8-28(9-11-29)10-12-30/h4-6,13,29-30H,2-3,7-12H2,1H3,(H2,24,31)(H2,25,26,32). The molecule has 3 amide bonds. The molecule has 0 aliphatic heterocycles. The Labute approximate surface area is 212 Å². The molecule has 0 bridgehead atoms. The lowest BCUT2D eigenvalue weighted by molar-refractivity contribution is 0.0994. The minimum Gasteiger partial charge on any atom is -0.468 e. The number of rotatable bonds is 14. The maximum absolute atomic E-state index is 12.3. The smallest absolute Gasteiger partial charge is 0.319 e. The zero-order valence-electron chi connectivity index (χ0n) is 18.7. The van der Waals surface area contributed by atoms with E-state index in [0.717, 1.165) is 18.0 Å². The third kappa shape index (κ3) is 8.26. The summed E-state index contributed by atoms with van der Waals surface area (Å²) in [5.74, 6) is -0.805. The predicted octanol–water partition coefficient (Wildman–Crippen LogP) is 2.88. The van der Waals surface area contributed by atoms with E-state index < -0.39 is 18.0 Å². The first kappa shape index (κ1) is 28.1. The highest BCUT2D eigenvalue weighted by Gasteiger charge is 2.24. The monoisotopic (exact) mass is 533 g/mol. The molecule has 0 spiro atoms. The Balaban J connectivity index is 1.92. The van der Waals surface area contributed by atoms with E-state index in [1.54, 1.807) is 25.1 Å². The average molecular weight is 534 g/mol. The van der Waals surface area contributed by atoms with Crippen LogP contribution in [0.15, 0.2) is 18.2 Å². The van der Waals surface area contributed by atoms with Crippen molar-refractivity contribution in [2.24, 2.45) is 5.73 Å². The van der Waals surface area contributed by atoms with Gasteiger partial charge in [0, 0.05) is 25.2 Å². The summed E-state index contributed by atoms with van der Waals surface area (Å²) in [4.78, 5) is 26.3. The number of nitrogens with one attached hydrogen (secondary N) is 2. The van der Waals surface area contributed by atoms with Crippen LogP contribution in [0.25, 0.3) is 0 Å². The van der Waals surface area contributed by atoms with E-state index in [1.807, 2.05) is 4.90 Å². The molecule has 1 aromatic heterocycles. The fourth-order valence-electron chi connectivity index (χ4n) is 3.15. The second-order valence-corrected chi connectivity index (χ2v) is 8.89. The molecule has 13 heteroatoms. The first-order chi connectivity index (χ1) is 16.3. The van der Waals surface area contributed by atoms with Gasteiger partial charge in [-0.3, -0.25) is 15.0 Å². The number of benzene rings is 1. The average Bonchev–Trinajstić information content (AvgIpc) is 3.17. The van der Waals surface area contributed by atoms with Gasteiger partial charge in [0.25, 0.3) is 5.91 Å². The molecule has 34 heavy (non-hydrogen) atoms. The lowest BCUT2D eigenvalue weighted by Crippen LogP contribution is -2.32. The Morgan fingerprint density at radius 2 is 1.91 bits per heavy atom. The second-order valence-electron chi connectivity index (χ2n) is 7.34. The normalized spacial score (nSPS) is 11.9. The summed E-state index contributed by atoms with van der Waals surface area (Å²) in [5, 5.41) is 24.2. The van der Waals surface area contributed by atoms with Gasteiger partial charge >= 0.3 is 6.03 Å². The molecule has 1 aromatic carbocycles. The van der Waals surface area contributed by atoms with Gasteiger partial charge in [0.05, 0.1) is 23.3 Å². The Kier molecular flexibility index (Phi) is 11.8. The van der Waals surface area contributed by atoms with Crippen LogP contribution in [0.5, 0.6) is 5.88 Å². The van der Waals surface area contributed by atoms with Gasteiger partial charge in [-0.1, -0.05) is 35.3 Å². The lowest BCUT2D eigenvalue weighted by Gasteiger charge is -2.19. The minimum absolute atomic E-state index is 0.01000. The van der Waals surface area contributed by atoms with Gasteiger partial charge in [-0.2, -0.15) is 4.37 Å². The maximum Gasteiger partial charge on any atom is 0.319 e. The van der Waals surface area contributed by atoms with Gasteiger partial charge in [0.15, 0.2) is 0 Å². The number of amides is 3. The third-order valence-corrected chi connectivity index (χ3v) is 6.44. The number of halogens is 2. The van der Waals surface area contributed by atoms with Crippen molar-refractivity contribution in [3.05, 3.63) is 39.4 Å². The molecule has 1 unspecified atom stereocenters. The summed E-state index contributed by atoms with van der Waals surface area (Å²) < 4.78 is 9.94. The molecule has 2 aromatic rings. The van der Waals surface area contributed by atoms with Crippen LogP contribution in [0.2, 0.25) is 10.0 Å². The summed E-state index contributed by atoms with van der Waals surface area (Å²) >= 11 is 13.2. The quantitative estimate of drug-likeness (QED) is 0.234. The SMILES string of the molecule is CC(Oc1nsc(NC(=O)NCCCCN(CCO)CCO)c1C(N)=O)c1cccc(Cl)c1Cl. The van der Waals surface area contributed by atoms with Crippen molar-refractivity contribution in [2.45, 2.75) is 25.9 Å². The fraction of sp³-hybridized carbons (Fsp3) is 0.476. The number of unbranched alkanes of at least 4 members (excludes halogenated alkanes) is 1. The van der Waals surface area contributed by atoms with E-state index in [-0.39, 0.29) is 29.7 Å². The number of carbonyl (C=O) groups is 2. The van der Waals surface area contributed by atoms with Gasteiger partial charge in [-0.05, 0) is 43.9 Å². The number of hydrogen-bond acceptors (Lipinski definition) is 8. The number of hydrogen-bond donors (Lipinski definition) is 5. The fourth-order valence-corrected chi connectivity index (χ4v) is 4.34. The van der Waals surface area contributed by atoms with Crippen molar-refractivity contribution in [3.63, 3.8) is 0 Å². The van der Waals surface area contributed by atoms with Gasteiger partial charge < -0.3 is 26.0 Å². The van der Waals surface area contributed by atoms with Gasteiger partial charge in [0.1, 0.15) is 16.7 Å². The van der Waals surface area contributed by atoms with Crippen molar-refractivity contribution in [2.75, 3.05) is 44.7 Å². The summed E-state index contributed by atoms with van der Waals surface area (Å²) in [7, 11) is 0. The molecule has 2 rings (SSSR count). The number of ether oxygens (including phenoxy) is 1. The van der Waals surface area contributed by atoms with E-state index >= 15 is 0 Å². The van der Waals surface area contributed by atoms with Crippen LogP contribution in [0.1, 0.15) is 41.8 Å². The first-order valence-electron chi connectivity index (χ1n) is 10.7. The van der Waals surface area contributed by atoms with E-state index in [2.05, 4.69) is 15.0 Å². The Morgan fingerprint density at radius 3 is 2.56 bits per heavy atom. The molecule has 6 N–H and O–H groups in total. The number of nitrogens with two attached hydrogens (primary N) is 1. The Morgan fingerprint density at radius 1 is 1.21 bits per heavy atom. The number of primary amides is 1. The van der Waals surface area contributed by atoms with Crippen molar-refractivity contribution in [1.29, 1.82) is 0 Å². The largest absolute Gasteiger partial charge is 0.468 e. The van der Waals surface area contributed by atoms with Crippen molar-refractivity contribution < 1.29 is 24.5 Å². The van der Waals surface area contributed by atoms with E-state index in [9.17, 15) is 9.59 Å². The molecule has 0 aliphatic rings. The highest BCUT2D eigenvalue weighted by molar-refractivity contribution is 7.11. The molecule has 0 radical (unpaired) electrons. The topological polar surface area (TPSA) is 150 Å². The van der Waals surface area contributed by atoms with Gasteiger partial charge in [-0.15, -0.1) is 0 Å². The number of anilines is 1. The molecule has 188 valence electrons. The molecule has 0 saturated heterocycles. The van der Waals surface area contributed by atoms with Crippen LogP contribution in [0.4, 0.5) is 9.80 Å². The molecule has 0 fully saturated rings. The van der Waals surface area contributed by atoms with Crippen LogP contribution in [0, 0.1) is 0 Å². The third-order valence-electron chi connectivity index (χ3n) is 4.86. The van der Waals surface area contributed by atoms with Gasteiger partial charge in [-0.25, -0.2) is 4.79 Å².